The lowest BCUT2D eigenvalue weighted by Crippen LogP contribution is -2.17. The third-order valence-electron chi connectivity index (χ3n) is 3.07. The number of hydrogen-bond acceptors (Lipinski definition) is 4. The van der Waals surface area contributed by atoms with Crippen LogP contribution in [0.25, 0.3) is 5.52 Å². The Morgan fingerprint density at radius 2 is 2.16 bits per heavy atom. The molecule has 0 aliphatic rings. The summed E-state index contributed by atoms with van der Waals surface area (Å²) in [6.07, 6.45) is 4.77. The predicted octanol–water partition coefficient (Wildman–Crippen LogP) is 2.26. The molecule has 0 bridgehead atoms. The van der Waals surface area contributed by atoms with Crippen LogP contribution in [-0.4, -0.2) is 34.2 Å². The number of nitrogens with zero attached hydrogens (tertiary/aromatic N) is 3. The standard InChI is InChI=1S/C14H23N5/c1-4-15-6-5-7-16-14-13-10-12(11(2)3)18-19(13)9-8-17-14/h8-11,15H,4-7H2,1-3H3,(H,16,17). The summed E-state index contributed by atoms with van der Waals surface area (Å²) < 4.78 is 1.90. The van der Waals surface area contributed by atoms with Crippen LogP contribution in [0.2, 0.25) is 0 Å². The number of nitrogens with one attached hydrogen (secondary N) is 2. The second-order valence-electron chi connectivity index (χ2n) is 4.96. The van der Waals surface area contributed by atoms with Gasteiger partial charge in [-0.05, 0) is 31.5 Å². The first-order valence-electron chi connectivity index (χ1n) is 7.01. The highest BCUT2D eigenvalue weighted by Crippen LogP contribution is 2.19. The Morgan fingerprint density at radius 3 is 2.89 bits per heavy atom. The first kappa shape index (κ1) is 13.8. The molecule has 0 aliphatic carbocycles. The number of hydrogen-bond donors (Lipinski definition) is 2. The summed E-state index contributed by atoms with van der Waals surface area (Å²) in [6.45, 7) is 9.39. The summed E-state index contributed by atoms with van der Waals surface area (Å²) in [6, 6.07) is 2.12. The maximum Gasteiger partial charge on any atom is 0.152 e. The van der Waals surface area contributed by atoms with Crippen molar-refractivity contribution in [3.8, 4) is 0 Å². The Balaban J connectivity index is 2.05. The third kappa shape index (κ3) is 3.44. The zero-order valence-electron chi connectivity index (χ0n) is 12.0. The molecule has 104 valence electrons. The Bertz CT molecular complexity index is 518. The largest absolute Gasteiger partial charge is 0.368 e. The van der Waals surface area contributed by atoms with Crippen molar-refractivity contribution in [2.24, 2.45) is 0 Å². The number of rotatable bonds is 7. The summed E-state index contributed by atoms with van der Waals surface area (Å²) in [7, 11) is 0. The summed E-state index contributed by atoms with van der Waals surface area (Å²) in [4.78, 5) is 4.40. The Hall–Kier alpha value is -1.62. The van der Waals surface area contributed by atoms with E-state index >= 15 is 0 Å². The lowest BCUT2D eigenvalue weighted by Gasteiger charge is -2.06. The topological polar surface area (TPSA) is 54.2 Å². The minimum Gasteiger partial charge on any atom is -0.368 e. The van der Waals surface area contributed by atoms with Crippen LogP contribution in [0, 0.1) is 0 Å². The minimum absolute atomic E-state index is 0.432. The highest BCUT2D eigenvalue weighted by molar-refractivity contribution is 5.67. The lowest BCUT2D eigenvalue weighted by atomic mass is 10.1. The van der Waals surface area contributed by atoms with Gasteiger partial charge < -0.3 is 10.6 Å². The van der Waals surface area contributed by atoms with Crippen molar-refractivity contribution in [1.82, 2.24) is 19.9 Å². The zero-order chi connectivity index (χ0) is 13.7. The van der Waals surface area contributed by atoms with Gasteiger partial charge in [0, 0.05) is 18.9 Å². The van der Waals surface area contributed by atoms with E-state index in [0.717, 1.165) is 43.1 Å². The molecule has 0 aliphatic heterocycles. The monoisotopic (exact) mass is 261 g/mol. The Morgan fingerprint density at radius 1 is 1.32 bits per heavy atom. The van der Waals surface area contributed by atoms with Crippen molar-refractivity contribution in [3.63, 3.8) is 0 Å². The second-order valence-corrected chi connectivity index (χ2v) is 4.96. The molecular formula is C14H23N5. The van der Waals surface area contributed by atoms with Gasteiger partial charge in [-0.2, -0.15) is 5.10 Å². The Labute approximate surface area is 114 Å². The van der Waals surface area contributed by atoms with Crippen molar-refractivity contribution >= 4 is 11.3 Å². The first-order valence-corrected chi connectivity index (χ1v) is 7.01. The maximum atomic E-state index is 4.55. The molecule has 5 heteroatoms. The normalized spacial score (nSPS) is 11.4. The van der Waals surface area contributed by atoms with Gasteiger partial charge in [-0.1, -0.05) is 20.8 Å². The van der Waals surface area contributed by atoms with E-state index in [1.54, 1.807) is 6.20 Å². The minimum atomic E-state index is 0.432. The van der Waals surface area contributed by atoms with Crippen LogP contribution in [-0.2, 0) is 0 Å². The molecule has 0 saturated carbocycles. The van der Waals surface area contributed by atoms with Crippen LogP contribution >= 0.6 is 0 Å². The van der Waals surface area contributed by atoms with Gasteiger partial charge in [-0.25, -0.2) is 9.50 Å². The summed E-state index contributed by atoms with van der Waals surface area (Å²) in [5, 5.41) is 11.3. The molecule has 0 atom stereocenters. The van der Waals surface area contributed by atoms with E-state index in [-0.39, 0.29) is 0 Å². The summed E-state index contributed by atoms with van der Waals surface area (Å²) in [5.74, 6) is 1.35. The highest BCUT2D eigenvalue weighted by Gasteiger charge is 2.09. The van der Waals surface area contributed by atoms with Crippen molar-refractivity contribution in [2.45, 2.75) is 33.1 Å². The number of fused-ring (bicyclic) bond motifs is 1. The van der Waals surface area contributed by atoms with Gasteiger partial charge in [-0.3, -0.25) is 0 Å². The van der Waals surface area contributed by atoms with Crippen LogP contribution in [0.3, 0.4) is 0 Å². The second kappa shape index (κ2) is 6.52. The quantitative estimate of drug-likeness (QED) is 0.751. The van der Waals surface area contributed by atoms with Crippen molar-refractivity contribution in [3.05, 3.63) is 24.2 Å². The summed E-state index contributed by atoms with van der Waals surface area (Å²) >= 11 is 0. The van der Waals surface area contributed by atoms with Gasteiger partial charge in [0.25, 0.3) is 0 Å². The fourth-order valence-electron chi connectivity index (χ4n) is 1.96. The molecule has 0 spiro atoms. The average molecular weight is 261 g/mol. The molecule has 2 aromatic rings. The summed E-state index contributed by atoms with van der Waals surface area (Å²) in [5.41, 5.74) is 2.15. The Kier molecular flexibility index (Phi) is 4.74. The van der Waals surface area contributed by atoms with Gasteiger partial charge in [0.05, 0.1) is 5.69 Å². The SMILES string of the molecule is CCNCCCNc1nccn2nc(C(C)C)cc12. The van der Waals surface area contributed by atoms with Crippen LogP contribution in [0.4, 0.5) is 5.82 Å². The molecule has 19 heavy (non-hydrogen) atoms. The maximum absolute atomic E-state index is 4.55. The molecule has 2 heterocycles. The van der Waals surface area contributed by atoms with Crippen LogP contribution in [0.5, 0.6) is 0 Å². The van der Waals surface area contributed by atoms with E-state index in [1.165, 1.54) is 0 Å². The molecule has 0 aromatic carbocycles. The van der Waals surface area contributed by atoms with Gasteiger partial charge in [0.2, 0.25) is 0 Å². The van der Waals surface area contributed by atoms with Crippen molar-refractivity contribution < 1.29 is 0 Å². The molecule has 2 rings (SSSR count). The number of anilines is 1. The lowest BCUT2D eigenvalue weighted by molar-refractivity contribution is 0.688. The van der Waals surface area contributed by atoms with Crippen molar-refractivity contribution in [2.75, 3.05) is 25.0 Å². The molecule has 0 fully saturated rings. The predicted molar refractivity (Wildman–Crippen MR) is 78.7 cm³/mol. The third-order valence-corrected chi connectivity index (χ3v) is 3.07. The molecule has 0 saturated heterocycles. The molecule has 2 aromatic heterocycles. The zero-order valence-corrected chi connectivity index (χ0v) is 12.0. The van der Waals surface area contributed by atoms with Gasteiger partial charge in [0.1, 0.15) is 5.52 Å². The van der Waals surface area contributed by atoms with Crippen molar-refractivity contribution in [1.29, 1.82) is 0 Å². The van der Waals surface area contributed by atoms with Crippen LogP contribution in [0.1, 0.15) is 38.8 Å². The van der Waals surface area contributed by atoms with Gasteiger partial charge >= 0.3 is 0 Å². The fraction of sp³-hybridized carbons (Fsp3) is 0.571. The van der Waals surface area contributed by atoms with Gasteiger partial charge in [0.15, 0.2) is 5.82 Å². The van der Waals surface area contributed by atoms with E-state index < -0.39 is 0 Å². The van der Waals surface area contributed by atoms with E-state index in [4.69, 9.17) is 0 Å². The molecule has 2 N–H and O–H groups in total. The average Bonchev–Trinajstić information content (AvgIpc) is 2.83. The molecule has 5 nitrogen and oxygen atoms in total. The van der Waals surface area contributed by atoms with Gasteiger partial charge in [-0.15, -0.1) is 0 Å². The molecule has 0 amide bonds. The molecule has 0 radical (unpaired) electrons. The fourth-order valence-corrected chi connectivity index (χ4v) is 1.96. The molecular weight excluding hydrogens is 238 g/mol. The number of aromatic nitrogens is 3. The highest BCUT2D eigenvalue weighted by atomic mass is 15.2. The molecule has 0 unspecified atom stereocenters. The van der Waals surface area contributed by atoms with Crippen LogP contribution < -0.4 is 10.6 Å². The van der Waals surface area contributed by atoms with Crippen LogP contribution in [0.15, 0.2) is 18.5 Å². The first-order chi connectivity index (χ1) is 9.22. The van der Waals surface area contributed by atoms with E-state index in [1.807, 2.05) is 10.7 Å². The van der Waals surface area contributed by atoms with E-state index in [9.17, 15) is 0 Å². The van der Waals surface area contributed by atoms with E-state index in [0.29, 0.717) is 5.92 Å². The van der Waals surface area contributed by atoms with E-state index in [2.05, 4.69) is 47.6 Å². The smallest absolute Gasteiger partial charge is 0.152 e.